The SMILES string of the molecule is CC(C)=CCC12C[C@H]3C(=O)N[C@@H](C(C)C)C(=O)N4CCC[C@H]4C(=O)N[C@@H](CC(N)=O)C(=O)N[C@@H](CCC(=O)O)C(=O)N[C@@H](CCCN=C(N)N)C(=O)NCC(=O)N[C@@H](Cc4ccc(O)cc4)C(=O)NCC(=O)N[C@@H](CC(C)C)C(=O)N3C1Nc1ccccc12. The van der Waals surface area contributed by atoms with Gasteiger partial charge >= 0.3 is 5.97 Å². The normalized spacial score (nSPS) is 26.1. The number of phenols is 1. The number of guanidine groups is 1. The van der Waals surface area contributed by atoms with Crippen LogP contribution in [0.1, 0.15) is 117 Å². The van der Waals surface area contributed by atoms with Crippen LogP contribution in [-0.2, 0) is 69.4 Å². The summed E-state index contributed by atoms with van der Waals surface area (Å²) in [6.07, 6.45) is -0.510. The number of carboxylic acid groups (broad SMARTS) is 1. The molecule has 4 aliphatic rings. The molecule has 0 saturated carbocycles. The molecule has 6 rings (SSSR count). The van der Waals surface area contributed by atoms with Crippen LogP contribution < -0.4 is 65.1 Å². The van der Waals surface area contributed by atoms with Crippen molar-refractivity contribution in [2.75, 3.05) is 31.5 Å². The lowest BCUT2D eigenvalue weighted by Gasteiger charge is -2.36. The number of primary amides is 1. The molecule has 89 heavy (non-hydrogen) atoms. The van der Waals surface area contributed by atoms with Crippen LogP contribution in [-0.4, -0.2) is 178 Å². The number of carbonyl (C=O) groups excluding carboxylic acids is 11. The summed E-state index contributed by atoms with van der Waals surface area (Å²) in [6, 6.07) is 1.50. The average molecular weight is 1240 g/mol. The van der Waals surface area contributed by atoms with Crippen molar-refractivity contribution in [1.29, 1.82) is 0 Å². The molecule has 29 heteroatoms. The highest BCUT2D eigenvalue weighted by Crippen LogP contribution is 2.53. The lowest BCUT2D eigenvalue weighted by atomic mass is 9.75. The van der Waals surface area contributed by atoms with Crippen LogP contribution >= 0.6 is 0 Å². The zero-order valence-electron chi connectivity index (χ0n) is 51.0. The number of carboxylic acids is 1. The van der Waals surface area contributed by atoms with Crippen molar-refractivity contribution < 1.29 is 67.7 Å². The number of allylic oxidation sites excluding steroid dienone is 2. The number of aromatic hydroxyl groups is 1. The van der Waals surface area contributed by atoms with Crippen molar-refractivity contribution in [2.45, 2.75) is 172 Å². The van der Waals surface area contributed by atoms with E-state index >= 15 is 9.59 Å². The van der Waals surface area contributed by atoms with E-state index < -0.39 is 169 Å². The number of nitrogens with one attached hydrogen (secondary N) is 9. The molecule has 10 atom stereocenters. The number of nitrogens with two attached hydrogens (primary N) is 3. The van der Waals surface area contributed by atoms with E-state index in [1.165, 1.54) is 34.1 Å². The summed E-state index contributed by atoms with van der Waals surface area (Å²) in [6.45, 7) is 9.34. The van der Waals surface area contributed by atoms with E-state index in [-0.39, 0.29) is 75.7 Å². The fourth-order valence-corrected chi connectivity index (χ4v) is 11.6. The van der Waals surface area contributed by atoms with E-state index in [2.05, 4.69) is 52.8 Å². The maximum Gasteiger partial charge on any atom is 0.303 e. The summed E-state index contributed by atoms with van der Waals surface area (Å²) in [5, 5.41) is 43.7. The summed E-state index contributed by atoms with van der Waals surface area (Å²) in [5.41, 5.74) is 18.6. The second-order valence-corrected chi connectivity index (χ2v) is 24.0. The Morgan fingerprint density at radius 2 is 1.29 bits per heavy atom. The Labute approximate surface area is 515 Å². The minimum atomic E-state index is -1.80. The first-order valence-corrected chi connectivity index (χ1v) is 29.9. The molecule has 0 spiro atoms. The molecule has 3 fully saturated rings. The van der Waals surface area contributed by atoms with Crippen LogP contribution in [0.3, 0.4) is 0 Å². The van der Waals surface area contributed by atoms with Gasteiger partial charge in [-0.2, -0.15) is 0 Å². The van der Waals surface area contributed by atoms with Gasteiger partial charge in [-0.1, -0.05) is 69.7 Å². The van der Waals surface area contributed by atoms with Crippen LogP contribution in [0.4, 0.5) is 5.69 Å². The van der Waals surface area contributed by atoms with Gasteiger partial charge in [0.05, 0.1) is 19.5 Å². The summed E-state index contributed by atoms with van der Waals surface area (Å²) in [7, 11) is 0. The summed E-state index contributed by atoms with van der Waals surface area (Å²) < 4.78 is 0. The molecule has 484 valence electrons. The number of para-hydroxylation sites is 1. The van der Waals surface area contributed by atoms with Crippen LogP contribution in [0.5, 0.6) is 5.75 Å². The Balaban J connectivity index is 1.42. The minimum absolute atomic E-state index is 0.0181. The van der Waals surface area contributed by atoms with Crippen LogP contribution in [0.25, 0.3) is 0 Å². The van der Waals surface area contributed by atoms with E-state index in [1.807, 2.05) is 58.0 Å². The monoisotopic (exact) mass is 1240 g/mol. The van der Waals surface area contributed by atoms with Gasteiger partial charge in [-0.25, -0.2) is 0 Å². The molecule has 17 N–H and O–H groups in total. The van der Waals surface area contributed by atoms with Gasteiger partial charge in [0, 0.05) is 37.0 Å². The minimum Gasteiger partial charge on any atom is -0.508 e. The van der Waals surface area contributed by atoms with E-state index in [1.54, 1.807) is 13.8 Å². The highest BCUT2D eigenvalue weighted by atomic mass is 16.4. The molecule has 29 nitrogen and oxygen atoms in total. The molecule has 0 bridgehead atoms. The number of fused-ring (bicyclic) bond motifs is 6. The molecule has 11 amide bonds. The second-order valence-electron chi connectivity index (χ2n) is 24.0. The van der Waals surface area contributed by atoms with E-state index in [9.17, 15) is 58.2 Å². The highest BCUT2D eigenvalue weighted by Gasteiger charge is 2.61. The first kappa shape index (κ1) is 68.8. The van der Waals surface area contributed by atoms with Gasteiger partial charge in [0.1, 0.15) is 60.3 Å². The first-order valence-electron chi connectivity index (χ1n) is 29.9. The maximum atomic E-state index is 15.6. The van der Waals surface area contributed by atoms with E-state index in [4.69, 9.17) is 17.2 Å². The molecular weight excluding hydrogens is 1150 g/mol. The van der Waals surface area contributed by atoms with Gasteiger partial charge in [-0.15, -0.1) is 0 Å². The average Bonchev–Trinajstić information content (AvgIpc) is 2.05. The molecule has 2 unspecified atom stereocenters. The van der Waals surface area contributed by atoms with Crippen LogP contribution in [0, 0.1) is 11.8 Å². The number of amides is 11. The van der Waals surface area contributed by atoms with Gasteiger partial charge in [-0.3, -0.25) is 62.5 Å². The van der Waals surface area contributed by atoms with Gasteiger partial charge < -0.3 is 85.1 Å². The van der Waals surface area contributed by atoms with Crippen molar-refractivity contribution in [1.82, 2.24) is 52.3 Å². The van der Waals surface area contributed by atoms with Crippen molar-refractivity contribution >= 4 is 82.6 Å². The van der Waals surface area contributed by atoms with Gasteiger partial charge in [0.25, 0.3) is 0 Å². The van der Waals surface area contributed by atoms with Gasteiger partial charge in [-0.05, 0) is 106 Å². The number of aliphatic carboxylic acids is 1. The number of carbonyl (C=O) groups is 12. The lowest BCUT2D eigenvalue weighted by Crippen LogP contribution is -2.62. The van der Waals surface area contributed by atoms with Crippen molar-refractivity contribution in [2.24, 2.45) is 34.0 Å². The highest BCUT2D eigenvalue weighted by molar-refractivity contribution is 6.00. The number of nitrogens with zero attached hydrogens (tertiary/aromatic N) is 3. The van der Waals surface area contributed by atoms with Crippen LogP contribution in [0.2, 0.25) is 0 Å². The summed E-state index contributed by atoms with van der Waals surface area (Å²) in [4.78, 5) is 176. The number of rotatable bonds is 16. The fraction of sp³-hybridized carbons (Fsp3) is 0.550. The molecule has 4 heterocycles. The molecule has 0 radical (unpaired) electrons. The van der Waals surface area contributed by atoms with Crippen molar-refractivity contribution in [3.8, 4) is 5.75 Å². The molecule has 2 aromatic carbocycles. The molecule has 0 aliphatic carbocycles. The number of aliphatic imine (C=N–C) groups is 1. The zero-order chi connectivity index (χ0) is 65.4. The number of anilines is 1. The standard InChI is InChI=1S/C60H85N15O14/c1-31(2)21-22-60-28-44-55(87)73-49(33(5)6)57(89)74-24-10-14-43(74)54(86)71-41(27-45(61)77)53(85)70-39(19-20-48(80)81)52(84)69-38(13-9-23-64-59(62)63)50(82)65-29-46(78)67-40(26-34-15-17-35(76)18-16-34)51(83)66-30-47(79)68-42(25-32(3)4)56(88)75(44)58(60)72-37-12-8-7-11-36(37)60/h7-8,11-12,15-18,21,32-33,38-44,49,58,72,76H,9-10,13-14,19-20,22-30H2,1-6H3,(H2,61,77)(H,65,82)(H,66,83)(H,67,78)(H,68,79)(H,69,84)(H,70,85)(H,71,86)(H,73,87)(H,80,81)(H4,62,63,64)/t38-,39-,40-,41-,42-,43-,44-,49-,58?,60?/m0/s1. The Kier molecular flexibility index (Phi) is 24.0. The molecule has 4 aliphatic heterocycles. The number of benzene rings is 2. The van der Waals surface area contributed by atoms with Gasteiger partial charge in [0.15, 0.2) is 5.96 Å². The van der Waals surface area contributed by atoms with Crippen LogP contribution in [0.15, 0.2) is 65.2 Å². The third kappa shape index (κ3) is 18.4. The maximum absolute atomic E-state index is 15.6. The molecule has 0 aromatic heterocycles. The summed E-state index contributed by atoms with van der Waals surface area (Å²) in [5.74, 6) is -12.5. The molecule has 3 saturated heterocycles. The number of hydrogen-bond donors (Lipinski definition) is 14. The number of phenolic OH excluding ortho intramolecular Hbond substituents is 1. The Morgan fingerprint density at radius 3 is 1.90 bits per heavy atom. The second kappa shape index (κ2) is 31.0. The third-order valence-electron chi connectivity index (χ3n) is 16.1. The fourth-order valence-electron chi connectivity index (χ4n) is 11.6. The van der Waals surface area contributed by atoms with Crippen molar-refractivity contribution in [3.05, 3.63) is 71.3 Å². The topological polar surface area (TPSA) is 450 Å². The first-order chi connectivity index (χ1) is 42.1. The van der Waals surface area contributed by atoms with Crippen molar-refractivity contribution in [3.63, 3.8) is 0 Å². The van der Waals surface area contributed by atoms with Gasteiger partial charge in [0.2, 0.25) is 65.0 Å². The molecule has 2 aromatic rings. The predicted molar refractivity (Wildman–Crippen MR) is 324 cm³/mol. The Bertz CT molecular complexity index is 3060. The van der Waals surface area contributed by atoms with E-state index in [0.29, 0.717) is 12.0 Å². The van der Waals surface area contributed by atoms with E-state index in [0.717, 1.165) is 16.8 Å². The number of hydrogen-bond acceptors (Lipinski definition) is 15. The zero-order valence-corrected chi connectivity index (χ0v) is 51.0. The smallest absolute Gasteiger partial charge is 0.303 e. The third-order valence-corrected chi connectivity index (χ3v) is 16.1. The Hall–Kier alpha value is -9.31. The predicted octanol–water partition coefficient (Wildman–Crippen LogP) is -1.78. The quantitative estimate of drug-likeness (QED) is 0.0383. The Morgan fingerprint density at radius 1 is 0.697 bits per heavy atom. The molecular formula is C60H85N15O14. The largest absolute Gasteiger partial charge is 0.508 e. The lowest BCUT2D eigenvalue weighted by molar-refractivity contribution is -0.146. The summed E-state index contributed by atoms with van der Waals surface area (Å²) >= 11 is 0.